The van der Waals surface area contributed by atoms with Gasteiger partial charge in [-0.2, -0.15) is 0 Å². The number of methoxy groups -OCH3 is 1. The molecule has 29 heavy (non-hydrogen) atoms. The van der Waals surface area contributed by atoms with Gasteiger partial charge in [0, 0.05) is 15.9 Å². The minimum atomic E-state index is -0.650. The number of fused-ring (bicyclic) bond motifs is 1. The predicted octanol–water partition coefficient (Wildman–Crippen LogP) is 5.80. The molecule has 2 N–H and O–H groups in total. The van der Waals surface area contributed by atoms with Crippen molar-refractivity contribution in [3.8, 4) is 5.75 Å². The standard InChI is InChI=1S/C21H21BrN2O5/c1-21(2,3)29-20(26)24-15-7-6-14(27-4)11-16(15)23-19(25)18-10-12-9-13(22)5-8-17(12)28-18/h5-11H,1-4H3,(H,23,25)(H,24,26). The van der Waals surface area contributed by atoms with E-state index in [0.29, 0.717) is 22.7 Å². The molecule has 0 radical (unpaired) electrons. The van der Waals surface area contributed by atoms with E-state index in [-0.39, 0.29) is 5.76 Å². The Balaban J connectivity index is 1.85. The average molecular weight is 461 g/mol. The molecular formula is C21H21BrN2O5. The second-order valence-electron chi connectivity index (χ2n) is 7.29. The third-order valence-corrected chi connectivity index (χ3v) is 4.31. The smallest absolute Gasteiger partial charge is 0.412 e. The molecule has 0 fully saturated rings. The van der Waals surface area contributed by atoms with Crippen molar-refractivity contribution in [1.29, 1.82) is 0 Å². The van der Waals surface area contributed by atoms with Crippen LogP contribution < -0.4 is 15.4 Å². The first-order valence-corrected chi connectivity index (χ1v) is 9.62. The van der Waals surface area contributed by atoms with E-state index in [1.165, 1.54) is 7.11 Å². The zero-order chi connectivity index (χ0) is 21.2. The number of furan rings is 1. The summed E-state index contributed by atoms with van der Waals surface area (Å²) in [6, 6.07) is 12.0. The van der Waals surface area contributed by atoms with Crippen molar-refractivity contribution in [1.82, 2.24) is 0 Å². The lowest BCUT2D eigenvalue weighted by molar-refractivity contribution is 0.0635. The van der Waals surface area contributed by atoms with Gasteiger partial charge in [-0.25, -0.2) is 4.79 Å². The highest BCUT2D eigenvalue weighted by Gasteiger charge is 2.19. The van der Waals surface area contributed by atoms with Crippen LogP contribution in [0.2, 0.25) is 0 Å². The van der Waals surface area contributed by atoms with Crippen LogP contribution in [0.5, 0.6) is 5.75 Å². The maximum Gasteiger partial charge on any atom is 0.412 e. The van der Waals surface area contributed by atoms with Crippen LogP contribution in [0.4, 0.5) is 16.2 Å². The second kappa shape index (κ2) is 8.16. The van der Waals surface area contributed by atoms with Gasteiger partial charge in [0.15, 0.2) is 5.76 Å². The molecule has 1 aromatic heterocycles. The summed E-state index contributed by atoms with van der Waals surface area (Å²) in [4.78, 5) is 24.9. The number of hydrogen-bond acceptors (Lipinski definition) is 5. The van der Waals surface area contributed by atoms with E-state index < -0.39 is 17.6 Å². The van der Waals surface area contributed by atoms with E-state index in [1.54, 1.807) is 51.1 Å². The number of carbonyl (C=O) groups excluding carboxylic acids is 2. The topological polar surface area (TPSA) is 89.8 Å². The first-order valence-electron chi connectivity index (χ1n) is 8.83. The minimum absolute atomic E-state index is 0.143. The summed E-state index contributed by atoms with van der Waals surface area (Å²) in [6.07, 6.45) is -0.633. The van der Waals surface area contributed by atoms with Gasteiger partial charge in [-0.15, -0.1) is 0 Å². The molecule has 0 saturated carbocycles. The molecule has 2 amide bonds. The van der Waals surface area contributed by atoms with Gasteiger partial charge in [-0.1, -0.05) is 15.9 Å². The number of anilines is 2. The van der Waals surface area contributed by atoms with Crippen molar-refractivity contribution in [2.45, 2.75) is 26.4 Å². The summed E-state index contributed by atoms with van der Waals surface area (Å²) in [5.41, 5.74) is 0.660. The number of carbonyl (C=O) groups is 2. The molecule has 7 nitrogen and oxygen atoms in total. The Morgan fingerprint density at radius 1 is 1.00 bits per heavy atom. The molecule has 0 saturated heterocycles. The van der Waals surface area contributed by atoms with E-state index in [9.17, 15) is 9.59 Å². The lowest BCUT2D eigenvalue weighted by Crippen LogP contribution is -2.27. The van der Waals surface area contributed by atoms with Crippen molar-refractivity contribution in [3.05, 3.63) is 52.7 Å². The van der Waals surface area contributed by atoms with Crippen molar-refractivity contribution < 1.29 is 23.5 Å². The largest absolute Gasteiger partial charge is 0.497 e. The Hall–Kier alpha value is -3.00. The number of hydrogen-bond donors (Lipinski definition) is 2. The van der Waals surface area contributed by atoms with Gasteiger partial charge in [-0.3, -0.25) is 10.1 Å². The SMILES string of the molecule is COc1ccc(NC(=O)OC(C)(C)C)c(NC(=O)c2cc3cc(Br)ccc3o2)c1. The summed E-state index contributed by atoms with van der Waals surface area (Å²) in [6.45, 7) is 5.30. The Labute approximate surface area is 176 Å². The Kier molecular flexibility index (Phi) is 5.83. The molecule has 0 spiro atoms. The molecule has 2 aromatic carbocycles. The van der Waals surface area contributed by atoms with Crippen LogP contribution in [0, 0.1) is 0 Å². The van der Waals surface area contributed by atoms with Crippen LogP contribution in [0.25, 0.3) is 11.0 Å². The Bertz CT molecular complexity index is 1070. The zero-order valence-corrected chi connectivity index (χ0v) is 18.0. The van der Waals surface area contributed by atoms with Crippen LogP contribution in [0.1, 0.15) is 31.3 Å². The van der Waals surface area contributed by atoms with Gasteiger partial charge in [0.25, 0.3) is 5.91 Å². The fourth-order valence-corrected chi connectivity index (χ4v) is 2.97. The number of nitrogens with one attached hydrogen (secondary N) is 2. The third-order valence-electron chi connectivity index (χ3n) is 3.81. The highest BCUT2D eigenvalue weighted by Crippen LogP contribution is 2.29. The van der Waals surface area contributed by atoms with Crippen molar-refractivity contribution >= 4 is 50.3 Å². The van der Waals surface area contributed by atoms with Gasteiger partial charge < -0.3 is 19.2 Å². The van der Waals surface area contributed by atoms with E-state index in [4.69, 9.17) is 13.9 Å². The molecule has 0 atom stereocenters. The highest BCUT2D eigenvalue weighted by atomic mass is 79.9. The second-order valence-corrected chi connectivity index (χ2v) is 8.20. The van der Waals surface area contributed by atoms with E-state index in [0.717, 1.165) is 9.86 Å². The lowest BCUT2D eigenvalue weighted by Gasteiger charge is -2.20. The highest BCUT2D eigenvalue weighted by molar-refractivity contribution is 9.10. The summed E-state index contributed by atoms with van der Waals surface area (Å²) in [5.74, 6) is 0.200. The number of rotatable bonds is 4. The maximum absolute atomic E-state index is 12.7. The molecule has 1 heterocycles. The fraction of sp³-hybridized carbons (Fsp3) is 0.238. The van der Waals surface area contributed by atoms with Gasteiger partial charge in [0.1, 0.15) is 16.9 Å². The predicted molar refractivity (Wildman–Crippen MR) is 115 cm³/mol. The molecule has 3 aromatic rings. The van der Waals surface area contributed by atoms with Crippen LogP contribution in [0.15, 0.2) is 51.4 Å². The summed E-state index contributed by atoms with van der Waals surface area (Å²) in [5, 5.41) is 6.19. The van der Waals surface area contributed by atoms with Crippen molar-refractivity contribution in [2.75, 3.05) is 17.7 Å². The van der Waals surface area contributed by atoms with Gasteiger partial charge in [0.05, 0.1) is 18.5 Å². The van der Waals surface area contributed by atoms with Crippen molar-refractivity contribution in [2.24, 2.45) is 0 Å². The molecule has 3 rings (SSSR count). The zero-order valence-electron chi connectivity index (χ0n) is 16.5. The Morgan fingerprint density at radius 3 is 2.45 bits per heavy atom. The third kappa shape index (κ3) is 5.29. The summed E-state index contributed by atoms with van der Waals surface area (Å²) >= 11 is 3.39. The Morgan fingerprint density at radius 2 is 1.76 bits per heavy atom. The molecular weight excluding hydrogens is 440 g/mol. The normalized spacial score (nSPS) is 11.2. The van der Waals surface area contributed by atoms with Crippen LogP contribution in [-0.4, -0.2) is 24.7 Å². The lowest BCUT2D eigenvalue weighted by atomic mass is 10.2. The first-order chi connectivity index (χ1) is 13.6. The maximum atomic E-state index is 12.7. The summed E-state index contributed by atoms with van der Waals surface area (Å²) in [7, 11) is 1.51. The van der Waals surface area contributed by atoms with Gasteiger partial charge in [-0.05, 0) is 57.2 Å². The number of amides is 2. The van der Waals surface area contributed by atoms with Gasteiger partial charge in [0.2, 0.25) is 0 Å². The molecule has 0 aliphatic heterocycles. The van der Waals surface area contributed by atoms with Crippen LogP contribution >= 0.6 is 15.9 Å². The molecule has 152 valence electrons. The summed E-state index contributed by atoms with van der Waals surface area (Å²) < 4.78 is 17.0. The molecule has 0 aliphatic rings. The number of halogens is 1. The van der Waals surface area contributed by atoms with Crippen molar-refractivity contribution in [3.63, 3.8) is 0 Å². The van der Waals surface area contributed by atoms with E-state index in [2.05, 4.69) is 26.6 Å². The quantitative estimate of drug-likeness (QED) is 0.512. The minimum Gasteiger partial charge on any atom is -0.497 e. The van der Waals surface area contributed by atoms with Crippen LogP contribution in [0.3, 0.4) is 0 Å². The molecule has 0 bridgehead atoms. The van der Waals surface area contributed by atoms with Crippen LogP contribution in [-0.2, 0) is 4.74 Å². The number of ether oxygens (including phenoxy) is 2. The first kappa shape index (κ1) is 20.7. The average Bonchev–Trinajstić information content (AvgIpc) is 3.04. The van der Waals surface area contributed by atoms with E-state index >= 15 is 0 Å². The number of benzene rings is 2. The van der Waals surface area contributed by atoms with E-state index in [1.807, 2.05) is 12.1 Å². The molecule has 8 heteroatoms. The molecule has 0 unspecified atom stereocenters. The molecule has 0 aliphatic carbocycles. The monoisotopic (exact) mass is 460 g/mol. The fourth-order valence-electron chi connectivity index (χ4n) is 2.59. The van der Waals surface area contributed by atoms with Gasteiger partial charge >= 0.3 is 6.09 Å².